The van der Waals surface area contributed by atoms with Crippen molar-refractivity contribution in [3.8, 4) is 0 Å². The third-order valence-corrected chi connectivity index (χ3v) is 1.61. The molecule has 0 spiro atoms. The molecule has 1 N–H and O–H groups in total. The number of aliphatic hydroxyl groups excluding tert-OH is 1. The van der Waals surface area contributed by atoms with Gasteiger partial charge in [0.25, 0.3) is 0 Å². The minimum Gasteiger partial charge on any atom is -0.841 e. The summed E-state index contributed by atoms with van der Waals surface area (Å²) in [4.78, 5) is 19.6. The van der Waals surface area contributed by atoms with Gasteiger partial charge in [0.05, 0.1) is 6.10 Å². The molecular weight excluding hydrogens is 196 g/mol. The van der Waals surface area contributed by atoms with Gasteiger partial charge in [-0.15, -0.1) is 11.6 Å². The number of aliphatic hydroxyl groups is 1. The van der Waals surface area contributed by atoms with Crippen molar-refractivity contribution in [2.45, 2.75) is 6.10 Å². The van der Waals surface area contributed by atoms with Gasteiger partial charge in [-0.3, -0.25) is 0 Å². The molecule has 0 aromatic carbocycles. The average Bonchev–Trinajstić information content (AvgIpc) is 1.65. The first-order chi connectivity index (χ1) is 3.66. The van der Waals surface area contributed by atoms with Crippen molar-refractivity contribution >= 4 is 20.0 Å². The van der Waals surface area contributed by atoms with Gasteiger partial charge >= 0.3 is 59.1 Å². The Balaban J connectivity index is -0.000000245. The minimum absolute atomic E-state index is 0. The first kappa shape index (κ1) is 18.4. The fourth-order valence-corrected chi connectivity index (χ4v) is 0.955. The Hall–Kier alpha value is 2.60. The molecule has 0 amide bonds. The largest absolute Gasteiger partial charge is 1.00 e. The summed E-state index contributed by atoms with van der Waals surface area (Å²) in [7, 11) is -2.48. The predicted molar refractivity (Wildman–Crippen MR) is 28.5 cm³/mol. The third-order valence-electron chi connectivity index (χ3n) is 0.538. The van der Waals surface area contributed by atoms with Crippen LogP contribution in [-0.2, 0) is 0 Å². The van der Waals surface area contributed by atoms with E-state index >= 15 is 0 Å². The van der Waals surface area contributed by atoms with E-state index in [4.69, 9.17) is 16.7 Å². The van der Waals surface area contributed by atoms with Crippen molar-refractivity contribution in [2.75, 3.05) is 12.0 Å². The predicted octanol–water partition coefficient (Wildman–Crippen LogP) is -7.37. The van der Waals surface area contributed by atoms with Crippen LogP contribution < -0.4 is 68.9 Å². The fourth-order valence-electron chi connectivity index (χ4n) is 0.221. The van der Waals surface area contributed by atoms with Crippen molar-refractivity contribution in [3.63, 3.8) is 0 Å². The van der Waals surface area contributed by atoms with Gasteiger partial charge < -0.3 is 23.3 Å². The van der Waals surface area contributed by atoms with Crippen LogP contribution in [0.15, 0.2) is 0 Å². The molecule has 3 nitrogen and oxygen atoms in total. The van der Waals surface area contributed by atoms with Crippen molar-refractivity contribution < 1.29 is 74.0 Å². The van der Waals surface area contributed by atoms with Crippen molar-refractivity contribution in [3.05, 3.63) is 0 Å². The van der Waals surface area contributed by atoms with Crippen molar-refractivity contribution in [2.24, 2.45) is 0 Å². The molecule has 0 aromatic heterocycles. The second-order valence-electron chi connectivity index (χ2n) is 1.32. The van der Waals surface area contributed by atoms with Gasteiger partial charge in [-0.25, -0.2) is 0 Å². The Morgan fingerprint density at radius 3 is 1.90 bits per heavy atom. The maximum Gasteiger partial charge on any atom is 1.00 e. The molecule has 50 valence electrons. The number of halogens is 1. The summed E-state index contributed by atoms with van der Waals surface area (Å²) >= 11 is 5.08. The molecule has 0 saturated heterocycles. The quantitative estimate of drug-likeness (QED) is 0.281. The van der Waals surface area contributed by atoms with Crippen LogP contribution in [0.3, 0.4) is 0 Å². The Bertz CT molecular complexity index is 67.7. The Morgan fingerprint density at radius 1 is 1.40 bits per heavy atom. The second-order valence-corrected chi connectivity index (χ2v) is 2.66. The second kappa shape index (κ2) is 11.6. The van der Waals surface area contributed by atoms with Crippen molar-refractivity contribution in [1.29, 1.82) is 0 Å². The van der Waals surface area contributed by atoms with Gasteiger partial charge in [-0.1, -0.05) is 0 Å². The number of hydrogen-bond donors (Lipinski definition) is 1. The molecule has 0 aliphatic rings. The molecule has 0 aliphatic carbocycles. The normalized spacial score (nSPS) is 11.7. The van der Waals surface area contributed by atoms with Gasteiger partial charge in [0, 0.05) is 5.88 Å². The molecular formula is C3H6ClNa2O3P. The van der Waals surface area contributed by atoms with Crippen LogP contribution in [-0.4, -0.2) is 23.3 Å². The molecule has 0 bridgehead atoms. The Morgan fingerprint density at radius 2 is 1.80 bits per heavy atom. The molecule has 0 fully saturated rings. The van der Waals surface area contributed by atoms with E-state index in [1.165, 1.54) is 0 Å². The smallest absolute Gasteiger partial charge is 0.841 e. The van der Waals surface area contributed by atoms with E-state index in [1.807, 2.05) is 0 Å². The maximum absolute atomic E-state index is 9.79. The van der Waals surface area contributed by atoms with Crippen LogP contribution in [0.1, 0.15) is 0 Å². The summed E-state index contributed by atoms with van der Waals surface area (Å²) in [5.74, 6) is -0.0245. The molecule has 0 aliphatic heterocycles. The topological polar surface area (TPSA) is 66.3 Å². The summed E-state index contributed by atoms with van der Waals surface area (Å²) in [6.07, 6.45) is -1.14. The summed E-state index contributed by atoms with van der Waals surface area (Å²) in [6.45, 7) is 0. The van der Waals surface area contributed by atoms with E-state index in [9.17, 15) is 9.79 Å². The molecule has 1 unspecified atom stereocenters. The summed E-state index contributed by atoms with van der Waals surface area (Å²) in [6, 6.07) is 0. The minimum atomic E-state index is -2.48. The van der Waals surface area contributed by atoms with Gasteiger partial charge in [-0.2, -0.15) is 0 Å². The van der Waals surface area contributed by atoms with Crippen LogP contribution in [0, 0.1) is 0 Å². The zero-order valence-electron chi connectivity index (χ0n) is 6.08. The molecule has 0 heterocycles. The first-order valence-corrected chi connectivity index (χ1v) is 3.92. The first-order valence-electron chi connectivity index (χ1n) is 2.02. The van der Waals surface area contributed by atoms with Crippen LogP contribution in [0.2, 0.25) is 0 Å². The molecule has 0 aromatic rings. The van der Waals surface area contributed by atoms with Gasteiger partial charge in [0.1, 0.15) is 0 Å². The van der Waals surface area contributed by atoms with E-state index < -0.39 is 14.5 Å². The summed E-state index contributed by atoms with van der Waals surface area (Å²) in [5.41, 5.74) is 0. The number of alkyl halides is 1. The van der Waals surface area contributed by atoms with E-state index in [1.54, 1.807) is 0 Å². The van der Waals surface area contributed by atoms with E-state index in [0.717, 1.165) is 0 Å². The molecule has 0 saturated carbocycles. The van der Waals surface area contributed by atoms with Crippen LogP contribution >= 0.6 is 20.0 Å². The Kier molecular flexibility index (Phi) is 21.3. The van der Waals surface area contributed by atoms with E-state index in [2.05, 4.69) is 0 Å². The molecule has 0 rings (SSSR count). The zero-order valence-corrected chi connectivity index (χ0v) is 11.7. The Labute approximate surface area is 111 Å². The van der Waals surface area contributed by atoms with E-state index in [-0.39, 0.29) is 71.2 Å². The van der Waals surface area contributed by atoms with Gasteiger partial charge in [-0.05, 0) is 6.16 Å². The fraction of sp³-hybridized carbons (Fsp3) is 1.00. The van der Waals surface area contributed by atoms with Crippen LogP contribution in [0.4, 0.5) is 0 Å². The number of hydrogen-bond acceptors (Lipinski definition) is 3. The molecule has 7 heteroatoms. The van der Waals surface area contributed by atoms with Crippen molar-refractivity contribution in [1.82, 2.24) is 0 Å². The van der Waals surface area contributed by atoms with Crippen LogP contribution in [0.5, 0.6) is 0 Å². The zero-order chi connectivity index (χ0) is 6.57. The SMILES string of the molecule is [Na+].[Na+].[O-]P([O-])CC(O)CCl. The third kappa shape index (κ3) is 13.2. The van der Waals surface area contributed by atoms with E-state index in [0.29, 0.717) is 0 Å². The maximum atomic E-state index is 9.79. The van der Waals surface area contributed by atoms with Gasteiger partial charge in [0.2, 0.25) is 0 Å². The van der Waals surface area contributed by atoms with Gasteiger partial charge in [0.15, 0.2) is 0 Å². The summed E-state index contributed by atoms with van der Waals surface area (Å²) < 4.78 is 0. The molecule has 0 radical (unpaired) electrons. The number of rotatable bonds is 3. The van der Waals surface area contributed by atoms with Crippen LogP contribution in [0.25, 0.3) is 0 Å². The average molecular weight is 202 g/mol. The molecule has 10 heavy (non-hydrogen) atoms. The molecule has 1 atom stereocenters. The monoisotopic (exact) mass is 202 g/mol. The summed E-state index contributed by atoms with van der Waals surface area (Å²) in [5, 5.41) is 8.51. The standard InChI is InChI=1S/C3H6ClO3P.2Na/c4-1-3(5)2-8(6)7;;/h3,5H,1-2H2;;/q-2;2*+1.